The van der Waals surface area contributed by atoms with E-state index in [0.717, 1.165) is 32.4 Å². The standard InChI is InChI=1S/C15H21NO3/c1-9-4-6-16(7-5-9)14(17)12-10-2-3-11(8-10)13(12)15(18)19/h2-3,9-13H,4-8H2,1H3,(H,18,19)/t10-,11+,12-,13+/m1/s1. The van der Waals surface area contributed by atoms with Crippen LogP contribution < -0.4 is 0 Å². The van der Waals surface area contributed by atoms with Gasteiger partial charge in [-0.15, -0.1) is 0 Å². The molecule has 0 aromatic carbocycles. The molecule has 4 nitrogen and oxygen atoms in total. The predicted octanol–water partition coefficient (Wildman–Crippen LogP) is 1.77. The van der Waals surface area contributed by atoms with Crippen molar-refractivity contribution in [3.05, 3.63) is 12.2 Å². The monoisotopic (exact) mass is 263 g/mol. The Bertz CT molecular complexity index is 423. The molecule has 0 radical (unpaired) electrons. The van der Waals surface area contributed by atoms with E-state index >= 15 is 0 Å². The van der Waals surface area contributed by atoms with Crippen LogP contribution in [0.2, 0.25) is 0 Å². The molecule has 3 rings (SSSR count). The van der Waals surface area contributed by atoms with Crippen molar-refractivity contribution in [2.24, 2.45) is 29.6 Å². The van der Waals surface area contributed by atoms with Gasteiger partial charge in [0, 0.05) is 13.1 Å². The lowest BCUT2D eigenvalue weighted by atomic mass is 9.81. The number of rotatable bonds is 2. The smallest absolute Gasteiger partial charge is 0.307 e. The highest BCUT2D eigenvalue weighted by molar-refractivity contribution is 5.87. The van der Waals surface area contributed by atoms with Gasteiger partial charge in [0.15, 0.2) is 0 Å². The fourth-order valence-electron chi connectivity index (χ4n) is 3.94. The van der Waals surface area contributed by atoms with Crippen molar-refractivity contribution in [1.82, 2.24) is 4.90 Å². The van der Waals surface area contributed by atoms with Crippen molar-refractivity contribution < 1.29 is 14.7 Å². The van der Waals surface area contributed by atoms with Gasteiger partial charge in [0.25, 0.3) is 0 Å². The van der Waals surface area contributed by atoms with Crippen LogP contribution in [-0.2, 0) is 9.59 Å². The van der Waals surface area contributed by atoms with Crippen LogP contribution >= 0.6 is 0 Å². The van der Waals surface area contributed by atoms with E-state index in [9.17, 15) is 14.7 Å². The average Bonchev–Trinajstić information content (AvgIpc) is 2.98. The van der Waals surface area contributed by atoms with Gasteiger partial charge in [0.2, 0.25) is 5.91 Å². The van der Waals surface area contributed by atoms with Crippen molar-refractivity contribution >= 4 is 11.9 Å². The van der Waals surface area contributed by atoms with Crippen LogP contribution in [0.15, 0.2) is 12.2 Å². The first-order chi connectivity index (χ1) is 9.08. The zero-order valence-corrected chi connectivity index (χ0v) is 11.3. The second kappa shape index (κ2) is 4.66. The predicted molar refractivity (Wildman–Crippen MR) is 70.3 cm³/mol. The fraction of sp³-hybridized carbons (Fsp3) is 0.733. The average molecular weight is 263 g/mol. The SMILES string of the molecule is CC1CCN(C(=O)[C@H]2[C@@H](C(=O)O)[C@H]3C=C[C@@H]2C3)CC1. The van der Waals surface area contributed by atoms with Gasteiger partial charge in [-0.1, -0.05) is 19.1 Å². The van der Waals surface area contributed by atoms with Crippen molar-refractivity contribution in [3.8, 4) is 0 Å². The minimum atomic E-state index is -0.805. The molecule has 1 amide bonds. The topological polar surface area (TPSA) is 57.6 Å². The lowest BCUT2D eigenvalue weighted by Crippen LogP contribution is -2.45. The zero-order valence-electron chi connectivity index (χ0n) is 11.3. The highest BCUT2D eigenvalue weighted by Crippen LogP contribution is 2.49. The fourth-order valence-corrected chi connectivity index (χ4v) is 3.94. The number of likely N-dealkylation sites (tertiary alicyclic amines) is 1. The summed E-state index contributed by atoms with van der Waals surface area (Å²) in [7, 11) is 0. The van der Waals surface area contributed by atoms with Gasteiger partial charge in [-0.05, 0) is 37.0 Å². The second-order valence-corrected chi connectivity index (χ2v) is 6.35. The minimum Gasteiger partial charge on any atom is -0.481 e. The molecular formula is C15H21NO3. The summed E-state index contributed by atoms with van der Waals surface area (Å²) in [6.45, 7) is 3.80. The van der Waals surface area contributed by atoms with Gasteiger partial charge in [-0.2, -0.15) is 0 Å². The highest BCUT2D eigenvalue weighted by atomic mass is 16.4. The first-order valence-electron chi connectivity index (χ1n) is 7.28. The number of nitrogens with zero attached hydrogens (tertiary/aromatic N) is 1. The molecule has 3 aliphatic rings. The van der Waals surface area contributed by atoms with E-state index in [4.69, 9.17) is 0 Å². The summed E-state index contributed by atoms with van der Waals surface area (Å²) in [5.74, 6) is -0.642. The van der Waals surface area contributed by atoms with Crippen molar-refractivity contribution in [3.63, 3.8) is 0 Å². The summed E-state index contributed by atoms with van der Waals surface area (Å²) in [5, 5.41) is 9.39. The number of carboxylic acids is 1. The number of hydrogen-bond acceptors (Lipinski definition) is 2. The van der Waals surface area contributed by atoms with E-state index in [0.29, 0.717) is 5.92 Å². The maximum absolute atomic E-state index is 12.6. The number of carboxylic acid groups (broad SMARTS) is 1. The van der Waals surface area contributed by atoms with Gasteiger partial charge in [0.05, 0.1) is 11.8 Å². The van der Waals surface area contributed by atoms with Gasteiger partial charge in [0.1, 0.15) is 0 Å². The molecule has 2 fully saturated rings. The largest absolute Gasteiger partial charge is 0.481 e. The molecule has 1 heterocycles. The number of fused-ring (bicyclic) bond motifs is 2. The van der Waals surface area contributed by atoms with Gasteiger partial charge in [-0.25, -0.2) is 0 Å². The molecule has 0 aromatic rings. The molecule has 4 heteroatoms. The lowest BCUT2D eigenvalue weighted by Gasteiger charge is -2.35. The third-order valence-corrected chi connectivity index (χ3v) is 5.12. The molecule has 1 aliphatic heterocycles. The van der Waals surface area contributed by atoms with Gasteiger partial charge >= 0.3 is 5.97 Å². The summed E-state index contributed by atoms with van der Waals surface area (Å²) in [5.41, 5.74) is 0. The summed E-state index contributed by atoms with van der Waals surface area (Å²) in [6, 6.07) is 0. The van der Waals surface area contributed by atoms with E-state index in [1.54, 1.807) is 0 Å². The minimum absolute atomic E-state index is 0.0696. The van der Waals surface area contributed by atoms with E-state index < -0.39 is 11.9 Å². The number of amides is 1. The van der Waals surface area contributed by atoms with E-state index in [-0.39, 0.29) is 23.7 Å². The number of carbonyl (C=O) groups excluding carboxylic acids is 1. The third-order valence-electron chi connectivity index (χ3n) is 5.12. The molecule has 2 aliphatic carbocycles. The Morgan fingerprint density at radius 1 is 1.11 bits per heavy atom. The number of allylic oxidation sites excluding steroid dienone is 2. The molecule has 0 aromatic heterocycles. The number of piperidine rings is 1. The Morgan fingerprint density at radius 2 is 1.68 bits per heavy atom. The molecule has 2 bridgehead atoms. The quantitative estimate of drug-likeness (QED) is 0.772. The molecule has 1 N–H and O–H groups in total. The molecule has 19 heavy (non-hydrogen) atoms. The maximum Gasteiger partial charge on any atom is 0.307 e. The van der Waals surface area contributed by atoms with E-state index in [1.807, 2.05) is 11.0 Å². The number of hydrogen-bond donors (Lipinski definition) is 1. The van der Waals surface area contributed by atoms with Gasteiger partial charge < -0.3 is 10.0 Å². The molecule has 1 saturated heterocycles. The summed E-state index contributed by atoms with van der Waals surface area (Å²) >= 11 is 0. The van der Waals surface area contributed by atoms with Crippen LogP contribution in [-0.4, -0.2) is 35.0 Å². The number of carbonyl (C=O) groups is 2. The molecule has 1 saturated carbocycles. The lowest BCUT2D eigenvalue weighted by molar-refractivity contribution is -0.151. The van der Waals surface area contributed by atoms with Crippen LogP contribution in [0.3, 0.4) is 0 Å². The normalized spacial score (nSPS) is 37.8. The maximum atomic E-state index is 12.6. The molecular weight excluding hydrogens is 242 g/mol. The molecule has 0 unspecified atom stereocenters. The van der Waals surface area contributed by atoms with Crippen molar-refractivity contribution in [2.75, 3.05) is 13.1 Å². The van der Waals surface area contributed by atoms with Gasteiger partial charge in [-0.3, -0.25) is 9.59 Å². The second-order valence-electron chi connectivity index (χ2n) is 6.35. The summed E-state index contributed by atoms with van der Waals surface area (Å²) < 4.78 is 0. The highest BCUT2D eigenvalue weighted by Gasteiger charge is 2.52. The molecule has 0 spiro atoms. The Balaban J connectivity index is 1.75. The molecule has 4 atom stereocenters. The Kier molecular flexibility index (Phi) is 3.11. The molecule has 104 valence electrons. The van der Waals surface area contributed by atoms with Crippen LogP contribution in [0.1, 0.15) is 26.2 Å². The van der Waals surface area contributed by atoms with Crippen LogP contribution in [0.5, 0.6) is 0 Å². The first-order valence-corrected chi connectivity index (χ1v) is 7.28. The van der Waals surface area contributed by atoms with Crippen molar-refractivity contribution in [2.45, 2.75) is 26.2 Å². The first kappa shape index (κ1) is 12.7. The summed E-state index contributed by atoms with van der Waals surface area (Å²) in [4.78, 5) is 26.0. The summed E-state index contributed by atoms with van der Waals surface area (Å²) in [6.07, 6.45) is 6.97. The Labute approximate surface area is 113 Å². The third kappa shape index (κ3) is 2.07. The Morgan fingerprint density at radius 3 is 2.26 bits per heavy atom. The zero-order chi connectivity index (χ0) is 13.6. The van der Waals surface area contributed by atoms with Crippen LogP contribution in [0, 0.1) is 29.6 Å². The van der Waals surface area contributed by atoms with E-state index in [1.165, 1.54) is 0 Å². The van der Waals surface area contributed by atoms with Crippen LogP contribution in [0.25, 0.3) is 0 Å². The van der Waals surface area contributed by atoms with Crippen LogP contribution in [0.4, 0.5) is 0 Å². The van der Waals surface area contributed by atoms with Crippen molar-refractivity contribution in [1.29, 1.82) is 0 Å². The number of aliphatic carboxylic acids is 1. The van der Waals surface area contributed by atoms with E-state index in [2.05, 4.69) is 13.0 Å². The Hall–Kier alpha value is -1.32.